The Morgan fingerprint density at radius 1 is 1.35 bits per heavy atom. The van der Waals surface area contributed by atoms with Crippen molar-refractivity contribution in [3.63, 3.8) is 0 Å². The quantitative estimate of drug-likeness (QED) is 0.789. The van der Waals surface area contributed by atoms with Gasteiger partial charge >= 0.3 is 0 Å². The van der Waals surface area contributed by atoms with Crippen LogP contribution in [0.1, 0.15) is 19.8 Å². The minimum absolute atomic E-state index is 0.0746. The van der Waals surface area contributed by atoms with Gasteiger partial charge in [0.2, 0.25) is 0 Å². The highest BCUT2D eigenvalue weighted by Crippen LogP contribution is 2.25. The molecule has 0 amide bonds. The predicted molar refractivity (Wildman–Crippen MR) is 60.5 cm³/mol. The van der Waals surface area contributed by atoms with Gasteiger partial charge < -0.3 is 9.47 Å². The highest BCUT2D eigenvalue weighted by Gasteiger charge is 2.42. The van der Waals surface area contributed by atoms with Crippen LogP contribution in [-0.4, -0.2) is 24.6 Å². The van der Waals surface area contributed by atoms with E-state index in [4.69, 9.17) is 9.47 Å². The van der Waals surface area contributed by atoms with Gasteiger partial charge in [0.15, 0.2) is 11.9 Å². The molecule has 0 spiro atoms. The van der Waals surface area contributed by atoms with Crippen molar-refractivity contribution in [2.75, 3.05) is 6.61 Å². The summed E-state index contributed by atoms with van der Waals surface area (Å²) in [6.45, 7) is 2.54. The van der Waals surface area contributed by atoms with E-state index in [1.165, 1.54) is 12.1 Å². The Morgan fingerprint density at radius 3 is 2.65 bits per heavy atom. The first-order valence-electron chi connectivity index (χ1n) is 5.77. The molecule has 0 aromatic heterocycles. The second-order valence-electron chi connectivity index (χ2n) is 4.07. The number of hydrogen-bond acceptors (Lipinski definition) is 3. The van der Waals surface area contributed by atoms with Gasteiger partial charge in [-0.1, -0.05) is 6.92 Å². The lowest BCUT2D eigenvalue weighted by molar-refractivity contribution is -0.154. The molecular weight excluding hydrogens is 223 g/mol. The summed E-state index contributed by atoms with van der Waals surface area (Å²) >= 11 is 0. The molecule has 0 N–H and O–H groups in total. The van der Waals surface area contributed by atoms with Gasteiger partial charge in [0.05, 0.1) is 0 Å². The van der Waals surface area contributed by atoms with Crippen molar-refractivity contribution in [2.45, 2.75) is 32.0 Å². The Hall–Kier alpha value is -1.42. The van der Waals surface area contributed by atoms with Crippen LogP contribution >= 0.6 is 0 Å². The van der Waals surface area contributed by atoms with Crippen molar-refractivity contribution in [2.24, 2.45) is 0 Å². The Kier molecular flexibility index (Phi) is 3.74. The monoisotopic (exact) mass is 238 g/mol. The average molecular weight is 238 g/mol. The predicted octanol–water partition coefficient (Wildman–Crippen LogP) is 2.34. The number of carbonyl (C=O) groups is 1. The van der Waals surface area contributed by atoms with Crippen LogP contribution in [0, 0.1) is 5.82 Å². The van der Waals surface area contributed by atoms with Crippen molar-refractivity contribution in [3.05, 3.63) is 30.1 Å². The molecule has 0 radical (unpaired) electrons. The molecule has 1 aliphatic rings. The zero-order valence-corrected chi connectivity index (χ0v) is 9.69. The van der Waals surface area contributed by atoms with E-state index in [-0.39, 0.29) is 17.7 Å². The van der Waals surface area contributed by atoms with E-state index in [9.17, 15) is 9.18 Å². The molecule has 92 valence electrons. The van der Waals surface area contributed by atoms with Crippen molar-refractivity contribution in [3.8, 4) is 5.75 Å². The van der Waals surface area contributed by atoms with Gasteiger partial charge in [-0.25, -0.2) is 4.39 Å². The number of Topliss-reactive ketones (excluding diaryl/α,β-unsaturated/α-hetero) is 1. The number of halogens is 1. The molecular formula is C13H15FO3. The van der Waals surface area contributed by atoms with E-state index >= 15 is 0 Å². The van der Waals surface area contributed by atoms with Crippen LogP contribution in [0.2, 0.25) is 0 Å². The molecule has 1 aromatic carbocycles. The van der Waals surface area contributed by atoms with Gasteiger partial charge in [-0.15, -0.1) is 0 Å². The van der Waals surface area contributed by atoms with Crippen LogP contribution in [0.3, 0.4) is 0 Å². The van der Waals surface area contributed by atoms with Gasteiger partial charge in [0.25, 0.3) is 0 Å². The minimum atomic E-state index is -0.458. The highest BCUT2D eigenvalue weighted by molar-refractivity contribution is 5.90. The van der Waals surface area contributed by atoms with Crippen LogP contribution in [0.5, 0.6) is 5.75 Å². The van der Waals surface area contributed by atoms with E-state index in [1.54, 1.807) is 12.1 Å². The number of carbonyl (C=O) groups excluding carboxylic acids is 1. The molecule has 0 saturated heterocycles. The number of rotatable bonds is 5. The summed E-state index contributed by atoms with van der Waals surface area (Å²) in [4.78, 5) is 11.3. The van der Waals surface area contributed by atoms with E-state index in [2.05, 4.69) is 0 Å². The van der Waals surface area contributed by atoms with Gasteiger partial charge in [-0.05, 0) is 30.7 Å². The molecule has 2 atom stereocenters. The van der Waals surface area contributed by atoms with Crippen molar-refractivity contribution < 1.29 is 18.7 Å². The third-order valence-electron chi connectivity index (χ3n) is 2.66. The fourth-order valence-corrected chi connectivity index (χ4v) is 1.70. The topological polar surface area (TPSA) is 35.5 Å². The maximum atomic E-state index is 12.7. The summed E-state index contributed by atoms with van der Waals surface area (Å²) in [7, 11) is 0. The van der Waals surface area contributed by atoms with Crippen LogP contribution in [0.4, 0.5) is 4.39 Å². The van der Waals surface area contributed by atoms with Crippen LogP contribution in [-0.2, 0) is 9.53 Å². The van der Waals surface area contributed by atoms with E-state index in [0.29, 0.717) is 18.8 Å². The summed E-state index contributed by atoms with van der Waals surface area (Å²) in [6, 6.07) is 5.76. The van der Waals surface area contributed by atoms with Gasteiger partial charge in [0, 0.05) is 13.0 Å². The smallest absolute Gasteiger partial charge is 0.169 e. The lowest BCUT2D eigenvalue weighted by atomic mass is 9.90. The summed E-state index contributed by atoms with van der Waals surface area (Å²) in [6.07, 6.45) is 0.540. The lowest BCUT2D eigenvalue weighted by Gasteiger charge is -2.34. The van der Waals surface area contributed by atoms with Crippen molar-refractivity contribution in [1.82, 2.24) is 0 Å². The Balaban J connectivity index is 1.90. The number of hydrogen-bond donors (Lipinski definition) is 0. The highest BCUT2D eigenvalue weighted by atomic mass is 19.1. The van der Waals surface area contributed by atoms with Crippen LogP contribution in [0.25, 0.3) is 0 Å². The molecule has 2 rings (SSSR count). The molecule has 0 aliphatic heterocycles. The van der Waals surface area contributed by atoms with Crippen LogP contribution in [0.15, 0.2) is 24.3 Å². The number of ketones is 1. The molecule has 1 aliphatic carbocycles. The first-order valence-corrected chi connectivity index (χ1v) is 5.77. The average Bonchev–Trinajstić information content (AvgIpc) is 2.31. The fourth-order valence-electron chi connectivity index (χ4n) is 1.70. The summed E-state index contributed by atoms with van der Waals surface area (Å²) in [5, 5.41) is 0. The largest absolute Gasteiger partial charge is 0.487 e. The maximum Gasteiger partial charge on any atom is 0.169 e. The zero-order chi connectivity index (χ0) is 12.3. The maximum absolute atomic E-state index is 12.7. The van der Waals surface area contributed by atoms with E-state index in [1.807, 2.05) is 6.92 Å². The molecule has 1 saturated carbocycles. The lowest BCUT2D eigenvalue weighted by Crippen LogP contribution is -2.52. The molecule has 0 heterocycles. The Morgan fingerprint density at radius 2 is 2.06 bits per heavy atom. The van der Waals surface area contributed by atoms with Gasteiger partial charge in [0.1, 0.15) is 17.7 Å². The Labute approximate surface area is 99.5 Å². The molecule has 1 aromatic rings. The normalized spacial score (nSPS) is 23.3. The molecule has 2 unspecified atom stereocenters. The Bertz CT molecular complexity index is 388. The van der Waals surface area contributed by atoms with E-state index < -0.39 is 6.10 Å². The standard InChI is InChI=1S/C13H15FO3/c1-2-7-16-13-11(15)8-12(13)17-10-5-3-9(14)4-6-10/h3-6,12-13H,2,7-8H2,1H3. The second-order valence-corrected chi connectivity index (χ2v) is 4.07. The summed E-state index contributed by atoms with van der Waals surface area (Å²) < 4.78 is 23.7. The summed E-state index contributed by atoms with van der Waals surface area (Å²) in [5.41, 5.74) is 0. The summed E-state index contributed by atoms with van der Waals surface area (Å²) in [5.74, 6) is 0.334. The first kappa shape index (κ1) is 12.0. The molecule has 17 heavy (non-hydrogen) atoms. The van der Waals surface area contributed by atoms with Gasteiger partial charge in [-0.2, -0.15) is 0 Å². The van der Waals surface area contributed by atoms with Crippen molar-refractivity contribution in [1.29, 1.82) is 0 Å². The molecule has 0 bridgehead atoms. The van der Waals surface area contributed by atoms with E-state index in [0.717, 1.165) is 6.42 Å². The zero-order valence-electron chi connectivity index (χ0n) is 9.69. The minimum Gasteiger partial charge on any atom is -0.487 e. The second kappa shape index (κ2) is 5.27. The van der Waals surface area contributed by atoms with Crippen molar-refractivity contribution >= 4 is 5.78 Å². The number of ether oxygens (including phenoxy) is 2. The fraction of sp³-hybridized carbons (Fsp3) is 0.462. The third kappa shape index (κ3) is 2.82. The molecule has 1 fully saturated rings. The van der Waals surface area contributed by atoms with Gasteiger partial charge in [-0.3, -0.25) is 4.79 Å². The third-order valence-corrected chi connectivity index (χ3v) is 2.66. The van der Waals surface area contributed by atoms with Crippen LogP contribution < -0.4 is 4.74 Å². The first-order chi connectivity index (χ1) is 8.20. The SMILES string of the molecule is CCCOC1C(=O)CC1Oc1ccc(F)cc1. The molecule has 4 heteroatoms. The molecule has 3 nitrogen and oxygen atoms in total. The number of benzene rings is 1.